The summed E-state index contributed by atoms with van der Waals surface area (Å²) in [5.74, 6) is 2.82. The summed E-state index contributed by atoms with van der Waals surface area (Å²) in [6.45, 7) is 8.31. The first-order valence-electron chi connectivity index (χ1n) is 7.86. The van der Waals surface area contributed by atoms with E-state index in [0.29, 0.717) is 18.1 Å². The van der Waals surface area contributed by atoms with Gasteiger partial charge in [-0.25, -0.2) is 0 Å². The summed E-state index contributed by atoms with van der Waals surface area (Å²) in [6, 6.07) is 1.83. The third-order valence-corrected chi connectivity index (χ3v) is 5.18. The summed E-state index contributed by atoms with van der Waals surface area (Å²) >= 11 is 0. The molecule has 1 aliphatic heterocycles. The average Bonchev–Trinajstić information content (AvgIpc) is 3.12. The molecule has 3 atom stereocenters. The summed E-state index contributed by atoms with van der Waals surface area (Å²) in [5, 5.41) is 4.06. The highest BCUT2D eigenvalue weighted by Crippen LogP contribution is 2.59. The predicted octanol–water partition coefficient (Wildman–Crippen LogP) is 3.71. The molecule has 0 radical (unpaired) electrons. The Morgan fingerprint density at radius 2 is 2.36 bits per heavy atom. The Morgan fingerprint density at radius 1 is 1.55 bits per heavy atom. The number of nitrogens with zero attached hydrogens (tertiary/aromatic N) is 1. The minimum Gasteiger partial charge on any atom is -0.361 e. The number of allylic oxidation sites excluding steroid dienone is 1. The van der Waals surface area contributed by atoms with E-state index in [0.717, 1.165) is 32.1 Å². The van der Waals surface area contributed by atoms with Crippen LogP contribution in [-0.4, -0.2) is 17.6 Å². The number of ether oxygens (including phenoxy) is 2. The number of aryl methyl sites for hydroxylation is 1. The van der Waals surface area contributed by atoms with Crippen molar-refractivity contribution in [3.05, 3.63) is 30.2 Å². The molecule has 1 aliphatic carbocycles. The lowest BCUT2D eigenvalue weighted by atomic mass is 9.77. The molecule has 1 saturated heterocycles. The van der Waals surface area contributed by atoms with Gasteiger partial charge in [-0.1, -0.05) is 17.2 Å². The van der Waals surface area contributed by atoms with Gasteiger partial charge in [-0.15, -0.1) is 13.0 Å². The van der Waals surface area contributed by atoms with Crippen LogP contribution in [0.1, 0.15) is 50.5 Å². The van der Waals surface area contributed by atoms with Gasteiger partial charge in [0.25, 0.3) is 0 Å². The van der Waals surface area contributed by atoms with Crippen molar-refractivity contribution in [2.45, 2.75) is 57.3 Å². The molecule has 1 saturated carbocycles. The maximum absolute atomic E-state index is 6.49. The number of aromatic nitrogens is 1. The molecular formula is C18H23NO3. The van der Waals surface area contributed by atoms with Crippen LogP contribution in [0.15, 0.2) is 23.2 Å². The van der Waals surface area contributed by atoms with Gasteiger partial charge in [-0.05, 0) is 39.5 Å². The fraction of sp³-hybridized carbons (Fsp3) is 0.611. The Bertz CT molecular complexity index is 602. The van der Waals surface area contributed by atoms with Crippen molar-refractivity contribution in [3.63, 3.8) is 0 Å². The topological polar surface area (TPSA) is 44.5 Å². The quantitative estimate of drug-likeness (QED) is 0.614. The molecule has 22 heavy (non-hydrogen) atoms. The van der Waals surface area contributed by atoms with Gasteiger partial charge < -0.3 is 14.0 Å². The summed E-state index contributed by atoms with van der Waals surface area (Å²) in [7, 11) is 0. The van der Waals surface area contributed by atoms with E-state index in [2.05, 4.69) is 17.7 Å². The van der Waals surface area contributed by atoms with E-state index in [1.165, 1.54) is 0 Å². The Labute approximate surface area is 131 Å². The first kappa shape index (κ1) is 15.3. The molecule has 1 aromatic heterocycles. The first-order valence-corrected chi connectivity index (χ1v) is 7.86. The monoisotopic (exact) mass is 301 g/mol. The van der Waals surface area contributed by atoms with E-state index in [9.17, 15) is 0 Å². The van der Waals surface area contributed by atoms with E-state index in [4.69, 9.17) is 20.4 Å². The largest absolute Gasteiger partial charge is 0.361 e. The molecule has 4 nitrogen and oxygen atoms in total. The van der Waals surface area contributed by atoms with Crippen LogP contribution in [0.25, 0.3) is 0 Å². The molecule has 2 fully saturated rings. The molecule has 4 heteroatoms. The van der Waals surface area contributed by atoms with Crippen molar-refractivity contribution in [1.82, 2.24) is 5.16 Å². The molecule has 2 aliphatic rings. The minimum atomic E-state index is -0.959. The maximum Gasteiger partial charge on any atom is 0.176 e. The second-order valence-corrected chi connectivity index (χ2v) is 6.58. The smallest absolute Gasteiger partial charge is 0.176 e. The predicted molar refractivity (Wildman–Crippen MR) is 82.9 cm³/mol. The second kappa shape index (κ2) is 5.26. The molecule has 0 bridgehead atoms. The summed E-state index contributed by atoms with van der Waals surface area (Å²) in [4.78, 5) is 0. The summed E-state index contributed by atoms with van der Waals surface area (Å²) < 4.78 is 17.8. The zero-order valence-electron chi connectivity index (χ0n) is 13.4. The summed E-state index contributed by atoms with van der Waals surface area (Å²) in [6.07, 6.45) is 12.6. The molecule has 118 valence electrons. The van der Waals surface area contributed by atoms with Crippen LogP contribution < -0.4 is 0 Å². The number of rotatable bonds is 5. The lowest BCUT2D eigenvalue weighted by Crippen LogP contribution is -2.48. The number of terminal acetylenes is 1. The van der Waals surface area contributed by atoms with Crippen LogP contribution in [0.4, 0.5) is 0 Å². The van der Waals surface area contributed by atoms with E-state index < -0.39 is 11.4 Å². The first-order chi connectivity index (χ1) is 10.5. The van der Waals surface area contributed by atoms with Crippen LogP contribution in [0.2, 0.25) is 0 Å². The van der Waals surface area contributed by atoms with Crippen molar-refractivity contribution < 1.29 is 14.0 Å². The third kappa shape index (κ3) is 2.12. The van der Waals surface area contributed by atoms with Gasteiger partial charge in [0.1, 0.15) is 11.5 Å². The molecule has 2 heterocycles. The van der Waals surface area contributed by atoms with E-state index >= 15 is 0 Å². The van der Waals surface area contributed by atoms with E-state index in [-0.39, 0.29) is 5.41 Å². The number of hydrogen-bond donors (Lipinski definition) is 0. The minimum absolute atomic E-state index is 0.0222. The molecule has 0 unspecified atom stereocenters. The van der Waals surface area contributed by atoms with Crippen molar-refractivity contribution >= 4 is 0 Å². The molecular weight excluding hydrogens is 278 g/mol. The van der Waals surface area contributed by atoms with Crippen molar-refractivity contribution in [1.29, 1.82) is 0 Å². The molecule has 0 amide bonds. The van der Waals surface area contributed by atoms with E-state index in [1.54, 1.807) is 0 Å². The lowest BCUT2D eigenvalue weighted by molar-refractivity contribution is -0.286. The van der Waals surface area contributed by atoms with E-state index in [1.807, 2.05) is 26.0 Å². The molecule has 0 spiro atoms. The Kier molecular flexibility index (Phi) is 3.66. The van der Waals surface area contributed by atoms with Gasteiger partial charge in [-0.3, -0.25) is 0 Å². The highest BCUT2D eigenvalue weighted by Gasteiger charge is 2.62. The van der Waals surface area contributed by atoms with Crippen molar-refractivity contribution in [2.75, 3.05) is 6.61 Å². The highest BCUT2D eigenvalue weighted by atomic mass is 16.7. The van der Waals surface area contributed by atoms with Gasteiger partial charge in [0.15, 0.2) is 11.4 Å². The molecule has 0 aromatic carbocycles. The fourth-order valence-corrected chi connectivity index (χ4v) is 3.97. The second-order valence-electron chi connectivity index (χ2n) is 6.58. The average molecular weight is 301 g/mol. The maximum atomic E-state index is 6.49. The fourth-order valence-electron chi connectivity index (χ4n) is 3.97. The van der Waals surface area contributed by atoms with Gasteiger partial charge in [0.05, 0.1) is 6.61 Å². The van der Waals surface area contributed by atoms with Gasteiger partial charge >= 0.3 is 0 Å². The van der Waals surface area contributed by atoms with Gasteiger partial charge in [0.2, 0.25) is 0 Å². The molecule has 3 rings (SSSR count). The zero-order chi connectivity index (χ0) is 15.8. The van der Waals surface area contributed by atoms with Gasteiger partial charge in [0, 0.05) is 17.9 Å². The highest BCUT2D eigenvalue weighted by molar-refractivity contribution is 5.24. The van der Waals surface area contributed by atoms with Crippen LogP contribution in [0.5, 0.6) is 0 Å². The Hall–Kier alpha value is -1.57. The molecule has 1 aromatic rings. The van der Waals surface area contributed by atoms with Crippen molar-refractivity contribution in [3.8, 4) is 12.3 Å². The number of hydrogen-bond acceptors (Lipinski definition) is 4. The Balaban J connectivity index is 1.96. The SMILES string of the molecule is C#C[C@@](C)(O[C@]12CCC[C@@]1(CC=C)CCO2)c1cc(C)on1. The van der Waals surface area contributed by atoms with Gasteiger partial charge in [-0.2, -0.15) is 0 Å². The van der Waals surface area contributed by atoms with Crippen LogP contribution in [0, 0.1) is 24.7 Å². The van der Waals surface area contributed by atoms with Crippen LogP contribution in [0.3, 0.4) is 0 Å². The zero-order valence-corrected chi connectivity index (χ0v) is 13.4. The normalized spacial score (nSPS) is 33.1. The van der Waals surface area contributed by atoms with Crippen molar-refractivity contribution in [2.24, 2.45) is 5.41 Å². The summed E-state index contributed by atoms with van der Waals surface area (Å²) in [5.41, 5.74) is -0.360. The van der Waals surface area contributed by atoms with Crippen LogP contribution >= 0.6 is 0 Å². The standard InChI is InChI=1S/C18H23NO3/c1-5-8-17-9-7-10-18(17,20-12-11-17)22-16(4,6-2)15-13-14(3)21-19-15/h2,5,13H,1,7-12H2,3-4H3/t16-,17+,18-/m1/s1. The Morgan fingerprint density at radius 3 is 3.00 bits per heavy atom. The lowest BCUT2D eigenvalue weighted by Gasteiger charge is -2.42. The van der Waals surface area contributed by atoms with Crippen LogP contribution in [-0.2, 0) is 15.1 Å². The number of fused-ring (bicyclic) bond motifs is 1. The molecule has 0 N–H and O–H groups in total. The third-order valence-electron chi connectivity index (χ3n) is 5.18.